The Hall–Kier alpha value is -9.20. The van der Waals surface area contributed by atoms with Crippen molar-refractivity contribution in [2.24, 2.45) is 5.73 Å². The Morgan fingerprint density at radius 3 is 1.59 bits per heavy atom. The Labute approximate surface area is 493 Å². The maximum Gasteiger partial charge on any atom is 0.325 e. The zero-order chi connectivity index (χ0) is 64.7. The number of aromatic nitrogens is 3. The third kappa shape index (κ3) is 20.5. The number of likely N-dealkylation sites (tertiary alicyclic amines) is 1. The van der Waals surface area contributed by atoms with Crippen LogP contribution in [0, 0.1) is 0 Å². The predicted molar refractivity (Wildman–Crippen MR) is 295 cm³/mol. The predicted octanol–water partition coefficient (Wildman–Crippen LogP) is -10.2. The first kappa shape index (κ1) is 70.3. The molecule has 0 bridgehead atoms. The number of aromatic amines is 2. The number of benzene rings is 1. The largest absolute Gasteiger partial charge is 0.481 e. The number of carboxylic acids is 2. The topological polar surface area (TPSA) is 578 Å². The number of imidazole rings is 1. The molecule has 2 aromatic heterocycles. The van der Waals surface area contributed by atoms with E-state index >= 15 is 0 Å². The van der Waals surface area contributed by atoms with Gasteiger partial charge in [-0.3, -0.25) is 62.3 Å². The van der Waals surface area contributed by atoms with Gasteiger partial charge in [-0.05, 0) is 44.7 Å². The van der Waals surface area contributed by atoms with Gasteiger partial charge in [0.25, 0.3) is 0 Å². The third-order valence-corrected chi connectivity index (χ3v) is 13.5. The van der Waals surface area contributed by atoms with Crippen molar-refractivity contribution in [3.63, 3.8) is 0 Å². The summed E-state index contributed by atoms with van der Waals surface area (Å²) >= 11 is 0. The maximum absolute atomic E-state index is 14.1. The van der Waals surface area contributed by atoms with Gasteiger partial charge in [-0.15, -0.1) is 0 Å². The van der Waals surface area contributed by atoms with Crippen LogP contribution in [0.4, 0.5) is 0 Å². The van der Waals surface area contributed by atoms with E-state index in [1.165, 1.54) is 19.4 Å². The van der Waals surface area contributed by atoms with E-state index in [9.17, 15) is 93.0 Å². The first-order valence-electron chi connectivity index (χ1n) is 27.0. The lowest BCUT2D eigenvalue weighted by Crippen LogP contribution is -2.61. The minimum atomic E-state index is -1.83. The number of amides is 11. The highest BCUT2D eigenvalue weighted by atomic mass is 16.4. The molecule has 0 aliphatic carbocycles. The van der Waals surface area contributed by atoms with Gasteiger partial charge in [0.2, 0.25) is 65.0 Å². The van der Waals surface area contributed by atoms with Crippen molar-refractivity contribution in [3.8, 4) is 0 Å². The van der Waals surface area contributed by atoms with Gasteiger partial charge in [0.1, 0.15) is 72.5 Å². The highest BCUT2D eigenvalue weighted by Crippen LogP contribution is 2.21. The molecule has 22 N–H and O–H groups in total. The molecule has 1 saturated heterocycles. The molecule has 1 aromatic carbocycles. The summed E-state index contributed by atoms with van der Waals surface area (Å²) in [5.74, 6) is -15.0. The highest BCUT2D eigenvalue weighted by molar-refractivity contribution is 6.00. The van der Waals surface area contributed by atoms with E-state index in [0.717, 1.165) is 11.8 Å². The molecule has 11 amide bonds. The minimum absolute atomic E-state index is 0.0520. The first-order valence-corrected chi connectivity index (χ1v) is 27.0. The molecule has 12 atom stereocenters. The van der Waals surface area contributed by atoms with Crippen LogP contribution in [-0.4, -0.2) is 256 Å². The van der Waals surface area contributed by atoms with Crippen LogP contribution in [0.3, 0.4) is 0 Å². The van der Waals surface area contributed by atoms with Gasteiger partial charge in [-0.2, -0.15) is 0 Å². The zero-order valence-electron chi connectivity index (χ0n) is 47.0. The van der Waals surface area contributed by atoms with E-state index in [2.05, 4.69) is 62.8 Å². The molecule has 1 aliphatic heterocycles. The molecule has 4 rings (SSSR count). The molecule has 0 spiro atoms. The fraction of sp³-hybridized carbons (Fsp3) is 0.529. The van der Waals surface area contributed by atoms with E-state index in [0.29, 0.717) is 16.5 Å². The number of aliphatic carboxylic acids is 2. The number of fused-ring (bicyclic) bond motifs is 1. The normalized spacial score (nSPS) is 16.7. The standard InChI is InChI=1S/C51H73N15O21/c1-23(40(75)59-31(12-25-14-54-29-7-4-3-6-27(25)29)44(79)62-35(19-70)48(83)63-33(17-68)45(80)57-24(2)51(86)87)56-43(78)32(13-26-15-53-22-55-26)60-47(82)36(20-71)64-49(84)38-8-5-11-66(38)50(85)37(21-72)65-42(77)30(9-10-39(73)74)58-46(81)34(18-69)61-41(76)28(52)16-67/h3-4,6-7,14-15,22-24,28,30-38,54,67-72H,5,8-13,16-21,52H2,1-2H3,(H,53,55)(H,56,78)(H,57,80)(H,58,81)(H,59,75)(H,60,82)(H,61,76)(H,62,79)(H,63,83)(H,64,84)(H,65,77)(H,73,74)(H,86,87)/t23-,24-,28-,30-,31-,32-,33-,34-,35-,36-,37-,38-/m0/s1. The number of para-hydroxylation sites is 1. The molecule has 87 heavy (non-hydrogen) atoms. The number of hydrogen-bond donors (Lipinski definition) is 21. The summed E-state index contributed by atoms with van der Waals surface area (Å²) in [6.07, 6.45) is 2.26. The summed E-state index contributed by atoms with van der Waals surface area (Å²) in [4.78, 5) is 181. The molecular weight excluding hydrogens is 1160 g/mol. The van der Waals surface area contributed by atoms with Crippen LogP contribution in [0.25, 0.3) is 10.9 Å². The Morgan fingerprint density at radius 2 is 1.03 bits per heavy atom. The van der Waals surface area contributed by atoms with Crippen LogP contribution in [0.1, 0.15) is 50.8 Å². The van der Waals surface area contributed by atoms with E-state index in [4.69, 9.17) is 15.9 Å². The summed E-state index contributed by atoms with van der Waals surface area (Å²) in [6, 6.07) is -12.9. The Bertz CT molecular complexity index is 2930. The smallest absolute Gasteiger partial charge is 0.325 e. The lowest BCUT2D eigenvalue weighted by atomic mass is 10.0. The van der Waals surface area contributed by atoms with Gasteiger partial charge in [-0.1, -0.05) is 18.2 Å². The average Bonchev–Trinajstić information content (AvgIpc) is 3.10. The number of aliphatic hydroxyl groups excluding tert-OH is 6. The van der Waals surface area contributed by atoms with E-state index in [1.54, 1.807) is 30.5 Å². The van der Waals surface area contributed by atoms with Crippen LogP contribution in [-0.2, 0) is 75.2 Å². The molecule has 478 valence electrons. The number of carboxylic acid groups (broad SMARTS) is 2. The quantitative estimate of drug-likeness (QED) is 0.0260. The van der Waals surface area contributed by atoms with E-state index < -0.39 is 202 Å². The van der Waals surface area contributed by atoms with E-state index in [1.807, 2.05) is 5.32 Å². The molecule has 36 heteroatoms. The average molecular weight is 1230 g/mol. The molecule has 3 aromatic rings. The van der Waals surface area contributed by atoms with E-state index in [-0.39, 0.29) is 37.9 Å². The van der Waals surface area contributed by atoms with Gasteiger partial charge < -0.3 is 115 Å². The first-order chi connectivity index (χ1) is 41.3. The van der Waals surface area contributed by atoms with Gasteiger partial charge >= 0.3 is 11.9 Å². The van der Waals surface area contributed by atoms with Crippen molar-refractivity contribution < 1.29 is 103 Å². The van der Waals surface area contributed by atoms with Crippen molar-refractivity contribution in [1.82, 2.24) is 73.0 Å². The molecule has 1 aliphatic rings. The molecule has 0 unspecified atom stereocenters. The lowest BCUT2D eigenvalue weighted by molar-refractivity contribution is -0.144. The number of nitrogens with two attached hydrogens (primary N) is 1. The van der Waals surface area contributed by atoms with Crippen molar-refractivity contribution >= 4 is 87.8 Å². The Morgan fingerprint density at radius 1 is 0.563 bits per heavy atom. The van der Waals surface area contributed by atoms with Crippen LogP contribution in [0.2, 0.25) is 0 Å². The van der Waals surface area contributed by atoms with Gasteiger partial charge in [0, 0.05) is 54.8 Å². The number of aliphatic hydroxyl groups is 6. The summed E-state index contributed by atoms with van der Waals surface area (Å²) < 4.78 is 0. The fourth-order valence-electron chi connectivity index (χ4n) is 8.60. The summed E-state index contributed by atoms with van der Waals surface area (Å²) in [7, 11) is 0. The number of nitrogens with zero attached hydrogens (tertiary/aromatic N) is 2. The van der Waals surface area contributed by atoms with Gasteiger partial charge in [-0.25, -0.2) is 4.98 Å². The number of carbonyl (C=O) groups excluding carboxylic acids is 11. The van der Waals surface area contributed by atoms with Crippen LogP contribution >= 0.6 is 0 Å². The van der Waals surface area contributed by atoms with Crippen molar-refractivity contribution in [3.05, 3.63) is 54.2 Å². The lowest BCUT2D eigenvalue weighted by Gasteiger charge is -2.30. The number of carbonyl (C=O) groups is 13. The second-order valence-corrected chi connectivity index (χ2v) is 20.0. The minimum Gasteiger partial charge on any atom is -0.481 e. The maximum atomic E-state index is 14.1. The number of nitrogens with one attached hydrogen (secondary N) is 12. The van der Waals surface area contributed by atoms with Crippen LogP contribution in [0.5, 0.6) is 0 Å². The number of rotatable bonds is 35. The molecular formula is C51H73N15O21. The zero-order valence-corrected chi connectivity index (χ0v) is 47.0. The SMILES string of the molecule is C[C@H](NC(=O)[C@H](CO)NC(=O)[C@H](CO)NC(=O)[C@H](Cc1c[nH]c2ccccc12)NC(=O)[C@H](C)NC(=O)[C@H](Cc1cnc[nH]1)NC(=O)[C@H](CO)NC(=O)[C@@H]1CCCN1C(=O)[C@H](CO)NC(=O)[C@H](CCC(=O)O)NC(=O)[C@H](CO)NC(=O)[C@@H](N)CO)C(=O)O. The summed E-state index contributed by atoms with van der Waals surface area (Å²) in [6.45, 7) is -3.98. The van der Waals surface area contributed by atoms with Gasteiger partial charge in [0.15, 0.2) is 0 Å². The van der Waals surface area contributed by atoms with Crippen molar-refractivity contribution in [2.45, 2.75) is 125 Å². The van der Waals surface area contributed by atoms with Gasteiger partial charge in [0.05, 0.1) is 46.0 Å². The monoisotopic (exact) mass is 1230 g/mol. The van der Waals surface area contributed by atoms with Crippen LogP contribution in [0.15, 0.2) is 43.0 Å². The number of H-pyrrole nitrogens is 2. The Balaban J connectivity index is 1.47. The molecule has 0 saturated carbocycles. The Kier molecular flexibility index (Phi) is 27.5. The molecule has 1 fully saturated rings. The second kappa shape index (κ2) is 34.1. The summed E-state index contributed by atoms with van der Waals surface area (Å²) in [5, 5.41) is 101. The highest BCUT2D eigenvalue weighted by Gasteiger charge is 2.41. The second-order valence-electron chi connectivity index (χ2n) is 20.0. The molecule has 3 heterocycles. The molecule has 36 nitrogen and oxygen atoms in total. The number of hydrogen-bond acceptors (Lipinski definition) is 21. The van der Waals surface area contributed by atoms with Crippen molar-refractivity contribution in [2.75, 3.05) is 46.2 Å². The fourth-order valence-corrected chi connectivity index (χ4v) is 8.60. The third-order valence-electron chi connectivity index (χ3n) is 13.5. The summed E-state index contributed by atoms with van der Waals surface area (Å²) in [5.41, 5.74) is 6.82. The van der Waals surface area contributed by atoms with Crippen molar-refractivity contribution in [1.29, 1.82) is 0 Å². The van der Waals surface area contributed by atoms with Crippen LogP contribution < -0.4 is 58.9 Å². The molecule has 0 radical (unpaired) electrons.